The number of rotatable bonds is 7. The van der Waals surface area contributed by atoms with Gasteiger partial charge in [-0.2, -0.15) is 0 Å². The van der Waals surface area contributed by atoms with Gasteiger partial charge in [0.05, 0.1) is 11.6 Å². The zero-order chi connectivity index (χ0) is 12.7. The molecule has 96 valence electrons. The Bertz CT molecular complexity index is 356. The van der Waals surface area contributed by atoms with E-state index < -0.39 is 0 Å². The topological polar surface area (TPSA) is 46.2 Å². The van der Waals surface area contributed by atoms with E-state index in [2.05, 4.69) is 15.9 Å². The smallest absolute Gasteiger partial charge is 0.204 e. The Morgan fingerprint density at radius 2 is 1.59 bits per heavy atom. The summed E-state index contributed by atoms with van der Waals surface area (Å²) in [7, 11) is 4.64. The molecule has 0 heterocycles. The van der Waals surface area contributed by atoms with Crippen LogP contribution in [0.15, 0.2) is 16.6 Å². The largest absolute Gasteiger partial charge is 0.490 e. The molecule has 1 rings (SSSR count). The van der Waals surface area contributed by atoms with Gasteiger partial charge in [-0.3, -0.25) is 0 Å². The fraction of sp³-hybridized carbons (Fsp3) is 0.455. The van der Waals surface area contributed by atoms with Crippen LogP contribution in [0.5, 0.6) is 17.2 Å². The van der Waals surface area contributed by atoms with E-state index in [1.54, 1.807) is 33.5 Å². The van der Waals surface area contributed by atoms with Crippen LogP contribution >= 0.6 is 15.9 Å². The van der Waals surface area contributed by atoms with Crippen molar-refractivity contribution in [1.82, 2.24) is 0 Å². The summed E-state index contributed by atoms with van der Waals surface area (Å²) in [6.07, 6.45) is 0. The van der Waals surface area contributed by atoms with Crippen molar-refractivity contribution in [2.24, 2.45) is 0 Å². The fourth-order valence-electron chi connectivity index (χ4n) is 1.20. The summed E-state index contributed by atoms with van der Waals surface area (Å²) in [5.41, 5.74) is 0. The van der Waals surface area contributed by atoms with Gasteiger partial charge in [0.2, 0.25) is 5.75 Å². The molecule has 0 unspecified atom stereocenters. The number of methoxy groups -OCH3 is 3. The summed E-state index contributed by atoms with van der Waals surface area (Å²) in [5.74, 6) is 1.57. The normalized spacial score (nSPS) is 10.1. The molecule has 0 bridgehead atoms. The van der Waals surface area contributed by atoms with Crippen molar-refractivity contribution in [3.63, 3.8) is 0 Å². The monoisotopic (exact) mass is 306 g/mol. The average Bonchev–Trinajstić information content (AvgIpc) is 2.35. The molecule has 0 fully saturated rings. The molecular weight excluding hydrogens is 292 g/mol. The van der Waals surface area contributed by atoms with E-state index in [-0.39, 0.29) is 13.6 Å². The quantitative estimate of drug-likeness (QED) is 0.724. The first kappa shape index (κ1) is 14.1. The van der Waals surface area contributed by atoms with Gasteiger partial charge in [0.25, 0.3) is 0 Å². The third-order valence-corrected chi connectivity index (χ3v) is 2.51. The molecule has 0 amide bonds. The van der Waals surface area contributed by atoms with E-state index in [4.69, 9.17) is 23.7 Å². The SMILES string of the molecule is COCOc1ccc(Br)c(OCOC)c1OC. The number of hydrogen-bond donors (Lipinski definition) is 0. The Labute approximate surface area is 109 Å². The van der Waals surface area contributed by atoms with Crippen molar-refractivity contribution in [1.29, 1.82) is 0 Å². The Hall–Kier alpha value is -0.980. The minimum Gasteiger partial charge on any atom is -0.490 e. The molecule has 5 nitrogen and oxygen atoms in total. The van der Waals surface area contributed by atoms with Gasteiger partial charge in [-0.1, -0.05) is 0 Å². The third-order valence-electron chi connectivity index (χ3n) is 1.89. The van der Waals surface area contributed by atoms with E-state index in [9.17, 15) is 0 Å². The third kappa shape index (κ3) is 3.76. The maximum absolute atomic E-state index is 5.41. The van der Waals surface area contributed by atoms with E-state index >= 15 is 0 Å². The first-order valence-electron chi connectivity index (χ1n) is 4.84. The van der Waals surface area contributed by atoms with E-state index in [1.807, 2.05) is 0 Å². The lowest BCUT2D eigenvalue weighted by Gasteiger charge is -2.15. The molecule has 0 saturated heterocycles. The van der Waals surface area contributed by atoms with Crippen LogP contribution in [0.25, 0.3) is 0 Å². The molecule has 6 heteroatoms. The molecule has 0 aliphatic carbocycles. The molecule has 0 atom stereocenters. The van der Waals surface area contributed by atoms with Crippen LogP contribution in [-0.4, -0.2) is 34.9 Å². The predicted molar refractivity (Wildman–Crippen MR) is 65.7 cm³/mol. The van der Waals surface area contributed by atoms with Gasteiger partial charge in [0.15, 0.2) is 25.1 Å². The van der Waals surface area contributed by atoms with Gasteiger partial charge in [-0.05, 0) is 28.1 Å². The van der Waals surface area contributed by atoms with Crippen molar-refractivity contribution in [3.05, 3.63) is 16.6 Å². The summed E-state index contributed by atoms with van der Waals surface area (Å²) in [6.45, 7) is 0.268. The highest BCUT2D eigenvalue weighted by atomic mass is 79.9. The lowest BCUT2D eigenvalue weighted by molar-refractivity contribution is 0.0418. The van der Waals surface area contributed by atoms with Gasteiger partial charge in [-0.15, -0.1) is 0 Å². The fourth-order valence-corrected chi connectivity index (χ4v) is 1.63. The van der Waals surface area contributed by atoms with Crippen molar-refractivity contribution >= 4 is 15.9 Å². The van der Waals surface area contributed by atoms with E-state index in [1.165, 1.54) is 0 Å². The van der Waals surface area contributed by atoms with Crippen molar-refractivity contribution in [3.8, 4) is 17.2 Å². The van der Waals surface area contributed by atoms with Crippen molar-refractivity contribution in [2.45, 2.75) is 0 Å². The van der Waals surface area contributed by atoms with Crippen LogP contribution < -0.4 is 14.2 Å². The lowest BCUT2D eigenvalue weighted by Crippen LogP contribution is -2.05. The molecule has 0 N–H and O–H groups in total. The van der Waals surface area contributed by atoms with Crippen LogP contribution in [-0.2, 0) is 9.47 Å². The maximum atomic E-state index is 5.41. The van der Waals surface area contributed by atoms with Crippen molar-refractivity contribution < 1.29 is 23.7 Å². The van der Waals surface area contributed by atoms with Crippen LogP contribution in [0.4, 0.5) is 0 Å². The minimum absolute atomic E-state index is 0.128. The summed E-state index contributed by atoms with van der Waals surface area (Å²) >= 11 is 3.37. The summed E-state index contributed by atoms with van der Waals surface area (Å²) in [6, 6.07) is 3.57. The second-order valence-corrected chi connectivity index (χ2v) is 3.86. The van der Waals surface area contributed by atoms with Crippen LogP contribution in [0, 0.1) is 0 Å². The summed E-state index contributed by atoms with van der Waals surface area (Å²) in [5, 5.41) is 0. The van der Waals surface area contributed by atoms with Crippen LogP contribution in [0.2, 0.25) is 0 Å². The maximum Gasteiger partial charge on any atom is 0.204 e. The summed E-state index contributed by atoms with van der Waals surface area (Å²) in [4.78, 5) is 0. The second kappa shape index (κ2) is 7.37. The summed E-state index contributed by atoms with van der Waals surface area (Å²) < 4.78 is 26.5. The molecule has 0 aromatic heterocycles. The average molecular weight is 307 g/mol. The zero-order valence-electron chi connectivity index (χ0n) is 9.99. The molecule has 1 aromatic rings. The molecular formula is C11H15BrO5. The number of hydrogen-bond acceptors (Lipinski definition) is 5. The molecule has 0 saturated carbocycles. The Kier molecular flexibility index (Phi) is 6.10. The molecule has 0 aliphatic rings. The Balaban J connectivity index is 2.98. The van der Waals surface area contributed by atoms with Gasteiger partial charge in [0, 0.05) is 14.2 Å². The zero-order valence-corrected chi connectivity index (χ0v) is 11.6. The molecule has 0 spiro atoms. The van der Waals surface area contributed by atoms with E-state index in [0.29, 0.717) is 17.2 Å². The molecule has 0 radical (unpaired) electrons. The standard InChI is InChI=1S/C11H15BrO5/c1-13-6-16-9-5-4-8(12)10(11(9)15-3)17-7-14-2/h4-5H,6-7H2,1-3H3. The van der Waals surface area contributed by atoms with E-state index in [0.717, 1.165) is 4.47 Å². The predicted octanol–water partition coefficient (Wildman–Crippen LogP) is 2.42. The number of halogens is 1. The molecule has 0 aliphatic heterocycles. The highest BCUT2D eigenvalue weighted by Gasteiger charge is 2.15. The second-order valence-electron chi connectivity index (χ2n) is 3.01. The first-order chi connectivity index (χ1) is 8.24. The Morgan fingerprint density at radius 3 is 2.18 bits per heavy atom. The van der Waals surface area contributed by atoms with Crippen molar-refractivity contribution in [2.75, 3.05) is 34.9 Å². The molecule has 17 heavy (non-hydrogen) atoms. The highest BCUT2D eigenvalue weighted by molar-refractivity contribution is 9.10. The number of ether oxygens (including phenoxy) is 5. The van der Waals surface area contributed by atoms with Gasteiger partial charge >= 0.3 is 0 Å². The van der Waals surface area contributed by atoms with Gasteiger partial charge in [-0.25, -0.2) is 0 Å². The van der Waals surface area contributed by atoms with Crippen LogP contribution in [0.1, 0.15) is 0 Å². The van der Waals surface area contributed by atoms with Gasteiger partial charge < -0.3 is 23.7 Å². The van der Waals surface area contributed by atoms with Crippen LogP contribution in [0.3, 0.4) is 0 Å². The Morgan fingerprint density at radius 1 is 0.941 bits per heavy atom. The minimum atomic E-state index is 0.128. The number of benzene rings is 1. The first-order valence-corrected chi connectivity index (χ1v) is 5.63. The lowest BCUT2D eigenvalue weighted by atomic mass is 10.3. The van der Waals surface area contributed by atoms with Gasteiger partial charge in [0.1, 0.15) is 0 Å². The highest BCUT2D eigenvalue weighted by Crippen LogP contribution is 2.42. The molecule has 1 aromatic carbocycles.